The van der Waals surface area contributed by atoms with E-state index in [0.29, 0.717) is 18.2 Å². The van der Waals surface area contributed by atoms with Gasteiger partial charge in [-0.2, -0.15) is 0 Å². The zero-order valence-electron chi connectivity index (χ0n) is 16.4. The SMILES string of the molecule is C=CCOC(Cn1cc[n+](CC(=O)COc2ccccc2F)c1)c1ccccc1Cl. The molecule has 0 amide bonds. The van der Waals surface area contributed by atoms with E-state index >= 15 is 0 Å². The summed E-state index contributed by atoms with van der Waals surface area (Å²) < 4.78 is 28.4. The Morgan fingerprint density at radius 3 is 2.77 bits per heavy atom. The summed E-state index contributed by atoms with van der Waals surface area (Å²) in [7, 11) is 0. The van der Waals surface area contributed by atoms with Crippen LogP contribution >= 0.6 is 11.6 Å². The van der Waals surface area contributed by atoms with Crippen LogP contribution in [0.3, 0.4) is 0 Å². The number of aromatic nitrogens is 2. The Labute approximate surface area is 179 Å². The molecule has 0 bridgehead atoms. The van der Waals surface area contributed by atoms with Crippen molar-refractivity contribution in [3.05, 3.63) is 96.3 Å². The quantitative estimate of drug-likeness (QED) is 0.339. The van der Waals surface area contributed by atoms with Gasteiger partial charge in [0.2, 0.25) is 12.1 Å². The first-order chi connectivity index (χ1) is 14.6. The van der Waals surface area contributed by atoms with Crippen LogP contribution in [-0.4, -0.2) is 23.6 Å². The Bertz CT molecular complexity index is 1010. The first-order valence-corrected chi connectivity index (χ1v) is 9.85. The van der Waals surface area contributed by atoms with Gasteiger partial charge in [-0.25, -0.2) is 13.5 Å². The molecule has 0 fully saturated rings. The molecule has 156 valence electrons. The molecular weight excluding hydrogens is 407 g/mol. The molecule has 0 saturated carbocycles. The van der Waals surface area contributed by atoms with Gasteiger partial charge in [-0.3, -0.25) is 4.79 Å². The predicted molar refractivity (Wildman–Crippen MR) is 112 cm³/mol. The number of Topliss-reactive ketones (excluding diaryl/α,β-unsaturated/α-hetero) is 1. The van der Waals surface area contributed by atoms with Gasteiger partial charge in [0, 0.05) is 10.6 Å². The van der Waals surface area contributed by atoms with Gasteiger partial charge in [-0.15, -0.1) is 6.58 Å². The van der Waals surface area contributed by atoms with Gasteiger partial charge < -0.3 is 9.47 Å². The largest absolute Gasteiger partial charge is 0.483 e. The fourth-order valence-electron chi connectivity index (χ4n) is 2.96. The number of nitrogens with zero attached hydrogens (tertiary/aromatic N) is 2. The first-order valence-electron chi connectivity index (χ1n) is 9.47. The van der Waals surface area contributed by atoms with E-state index in [1.54, 1.807) is 29.0 Å². The van der Waals surface area contributed by atoms with Gasteiger partial charge in [0.1, 0.15) is 25.0 Å². The van der Waals surface area contributed by atoms with Crippen molar-refractivity contribution in [1.29, 1.82) is 0 Å². The third-order valence-electron chi connectivity index (χ3n) is 4.37. The van der Waals surface area contributed by atoms with Crippen LogP contribution in [-0.2, 0) is 22.6 Å². The molecule has 1 atom stereocenters. The zero-order valence-corrected chi connectivity index (χ0v) is 17.2. The number of benzene rings is 2. The Balaban J connectivity index is 1.60. The highest BCUT2D eigenvalue weighted by Gasteiger charge is 2.19. The lowest BCUT2D eigenvalue weighted by molar-refractivity contribution is -0.683. The average molecular weight is 430 g/mol. The molecule has 0 spiro atoms. The first kappa shape index (κ1) is 21.7. The molecule has 30 heavy (non-hydrogen) atoms. The molecule has 0 aliphatic heterocycles. The van der Waals surface area contributed by atoms with Crippen LogP contribution in [0.2, 0.25) is 5.02 Å². The summed E-state index contributed by atoms with van der Waals surface area (Å²) >= 11 is 6.33. The number of imidazole rings is 1. The van der Waals surface area contributed by atoms with Crippen molar-refractivity contribution in [3.8, 4) is 5.75 Å². The summed E-state index contributed by atoms with van der Waals surface area (Å²) in [5.41, 5.74) is 0.885. The number of hydrogen-bond acceptors (Lipinski definition) is 3. The molecule has 1 unspecified atom stereocenters. The number of rotatable bonds is 11. The Kier molecular flexibility index (Phi) is 7.76. The summed E-state index contributed by atoms with van der Waals surface area (Å²) in [4.78, 5) is 12.2. The Morgan fingerprint density at radius 2 is 2.00 bits per heavy atom. The highest BCUT2D eigenvalue weighted by atomic mass is 35.5. The van der Waals surface area contributed by atoms with E-state index in [4.69, 9.17) is 21.1 Å². The minimum atomic E-state index is -0.491. The van der Waals surface area contributed by atoms with Gasteiger partial charge in [0.25, 0.3) is 0 Å². The second kappa shape index (κ2) is 10.7. The second-order valence-corrected chi connectivity index (χ2v) is 7.08. The van der Waals surface area contributed by atoms with Crippen LogP contribution in [0, 0.1) is 5.82 Å². The van der Waals surface area contributed by atoms with Crippen molar-refractivity contribution in [2.75, 3.05) is 13.2 Å². The average Bonchev–Trinajstić information content (AvgIpc) is 3.17. The minimum Gasteiger partial charge on any atom is -0.483 e. The highest BCUT2D eigenvalue weighted by molar-refractivity contribution is 6.31. The van der Waals surface area contributed by atoms with E-state index < -0.39 is 5.82 Å². The van der Waals surface area contributed by atoms with E-state index in [1.807, 2.05) is 41.4 Å². The van der Waals surface area contributed by atoms with Crippen LogP contribution in [0.15, 0.2) is 79.9 Å². The summed E-state index contributed by atoms with van der Waals surface area (Å²) in [6, 6.07) is 13.5. The molecule has 1 heterocycles. The summed E-state index contributed by atoms with van der Waals surface area (Å²) in [6.45, 7) is 4.52. The van der Waals surface area contributed by atoms with Crippen molar-refractivity contribution < 1.29 is 23.2 Å². The fourth-order valence-corrected chi connectivity index (χ4v) is 3.22. The number of ketones is 1. The van der Waals surface area contributed by atoms with Crippen molar-refractivity contribution in [2.45, 2.75) is 19.2 Å². The summed E-state index contributed by atoms with van der Waals surface area (Å²) in [6.07, 6.45) is 6.87. The number of ether oxygens (including phenoxy) is 2. The van der Waals surface area contributed by atoms with Crippen molar-refractivity contribution >= 4 is 17.4 Å². The summed E-state index contributed by atoms with van der Waals surface area (Å²) in [5.74, 6) is -0.601. The molecule has 0 saturated heterocycles. The third kappa shape index (κ3) is 6.02. The van der Waals surface area contributed by atoms with Crippen LogP contribution in [0.5, 0.6) is 5.75 Å². The lowest BCUT2D eigenvalue weighted by Gasteiger charge is -2.17. The topological polar surface area (TPSA) is 44.3 Å². The normalized spacial score (nSPS) is 11.8. The molecule has 0 radical (unpaired) electrons. The molecule has 2 aromatic carbocycles. The standard InChI is InChI=1S/C23H23ClFN2O3/c1-2-13-29-23(19-7-3-4-8-20(19)24)15-27-12-11-26(17-27)14-18(28)16-30-22-10-6-5-9-21(22)25/h2-12,17,23H,1,13-16H2/q+1. The van der Waals surface area contributed by atoms with E-state index in [2.05, 4.69) is 6.58 Å². The molecule has 3 aromatic rings. The minimum absolute atomic E-state index is 0.0652. The van der Waals surface area contributed by atoms with E-state index in [-0.39, 0.29) is 30.8 Å². The lowest BCUT2D eigenvalue weighted by atomic mass is 10.1. The van der Waals surface area contributed by atoms with Gasteiger partial charge in [0.05, 0.1) is 6.61 Å². The van der Waals surface area contributed by atoms with Gasteiger partial charge >= 0.3 is 0 Å². The molecule has 0 aliphatic rings. The van der Waals surface area contributed by atoms with Crippen molar-refractivity contribution in [2.24, 2.45) is 0 Å². The highest BCUT2D eigenvalue weighted by Crippen LogP contribution is 2.26. The van der Waals surface area contributed by atoms with Crippen molar-refractivity contribution in [1.82, 2.24) is 4.57 Å². The molecule has 0 N–H and O–H groups in total. The molecule has 1 aromatic heterocycles. The van der Waals surface area contributed by atoms with Crippen LogP contribution in [0.1, 0.15) is 11.7 Å². The van der Waals surface area contributed by atoms with Crippen LogP contribution < -0.4 is 9.30 Å². The van der Waals surface area contributed by atoms with E-state index in [0.717, 1.165) is 5.56 Å². The number of carbonyl (C=O) groups excluding carboxylic acids is 1. The maximum absolute atomic E-state index is 13.6. The third-order valence-corrected chi connectivity index (χ3v) is 4.72. The monoisotopic (exact) mass is 429 g/mol. The van der Waals surface area contributed by atoms with Crippen molar-refractivity contribution in [3.63, 3.8) is 0 Å². The fraction of sp³-hybridized carbons (Fsp3) is 0.217. The maximum atomic E-state index is 13.6. The number of hydrogen-bond donors (Lipinski definition) is 0. The molecule has 0 aliphatic carbocycles. The second-order valence-electron chi connectivity index (χ2n) is 6.67. The Hall–Kier alpha value is -2.96. The van der Waals surface area contributed by atoms with Crippen LogP contribution in [0.4, 0.5) is 4.39 Å². The summed E-state index contributed by atoms with van der Waals surface area (Å²) in [5, 5.41) is 0.632. The van der Waals surface area contributed by atoms with Crippen LogP contribution in [0.25, 0.3) is 0 Å². The Morgan fingerprint density at radius 1 is 1.23 bits per heavy atom. The van der Waals surface area contributed by atoms with E-state index in [9.17, 15) is 9.18 Å². The molecule has 5 nitrogen and oxygen atoms in total. The predicted octanol–water partition coefficient (Wildman–Crippen LogP) is 4.16. The van der Waals surface area contributed by atoms with Gasteiger partial charge in [-0.1, -0.05) is 48.0 Å². The number of halogens is 2. The van der Waals surface area contributed by atoms with Gasteiger partial charge in [0.15, 0.2) is 24.7 Å². The lowest BCUT2D eigenvalue weighted by Crippen LogP contribution is -2.37. The molecular formula is C23H23ClFN2O3+. The maximum Gasteiger partial charge on any atom is 0.244 e. The smallest absolute Gasteiger partial charge is 0.244 e. The zero-order chi connectivity index (χ0) is 21.3. The molecule has 7 heteroatoms. The number of para-hydroxylation sites is 1. The van der Waals surface area contributed by atoms with Gasteiger partial charge in [-0.05, 0) is 18.2 Å². The molecule has 3 rings (SSSR count). The number of carbonyl (C=O) groups is 1. The van der Waals surface area contributed by atoms with E-state index in [1.165, 1.54) is 12.1 Å².